The molecule has 112 valence electrons. The van der Waals surface area contributed by atoms with Crippen LogP contribution in [0, 0.1) is 0 Å². The van der Waals surface area contributed by atoms with Crippen molar-refractivity contribution in [2.75, 3.05) is 7.05 Å². The largest absolute Gasteiger partial charge is 0.370 e. The van der Waals surface area contributed by atoms with Crippen molar-refractivity contribution in [1.29, 1.82) is 0 Å². The van der Waals surface area contributed by atoms with Crippen LogP contribution in [0.15, 0.2) is 36.0 Å². The smallest absolute Gasteiger partial charge is 0.201 e. The number of para-hydroxylation sites is 1. The Morgan fingerprint density at radius 2 is 1.95 bits per heavy atom. The Bertz CT molecular complexity index is 859. The second kappa shape index (κ2) is 4.32. The molecule has 0 amide bonds. The first-order chi connectivity index (χ1) is 10.5. The van der Waals surface area contributed by atoms with E-state index in [4.69, 9.17) is 0 Å². The summed E-state index contributed by atoms with van der Waals surface area (Å²) in [5.74, 6) is 0.271. The molecule has 4 heteroatoms. The first-order valence-electron chi connectivity index (χ1n) is 7.56. The fourth-order valence-electron chi connectivity index (χ4n) is 4.05. The van der Waals surface area contributed by atoms with Crippen LogP contribution < -0.4 is 0 Å². The van der Waals surface area contributed by atoms with E-state index in [0.717, 1.165) is 27.7 Å². The number of Topliss-reactive ketones (excluding diaryl/α,β-unsaturated/α-hetero) is 2. The van der Waals surface area contributed by atoms with Crippen LogP contribution in [-0.4, -0.2) is 34.1 Å². The van der Waals surface area contributed by atoms with Gasteiger partial charge in [0.15, 0.2) is 5.78 Å². The van der Waals surface area contributed by atoms with Gasteiger partial charge in [0.1, 0.15) is 0 Å². The normalized spacial score (nSPS) is 23.5. The molecule has 0 saturated carbocycles. The Morgan fingerprint density at radius 1 is 1.23 bits per heavy atom. The Labute approximate surface area is 129 Å². The van der Waals surface area contributed by atoms with E-state index in [1.54, 1.807) is 6.92 Å². The Kier molecular flexibility index (Phi) is 2.61. The molecule has 1 aliphatic carbocycles. The van der Waals surface area contributed by atoms with Crippen molar-refractivity contribution >= 4 is 22.5 Å². The highest BCUT2D eigenvalue weighted by molar-refractivity contribution is 6.09. The number of ketones is 2. The van der Waals surface area contributed by atoms with E-state index >= 15 is 0 Å². The molecule has 2 aliphatic rings. The van der Waals surface area contributed by atoms with E-state index in [0.29, 0.717) is 6.42 Å². The van der Waals surface area contributed by atoms with E-state index in [-0.39, 0.29) is 23.5 Å². The molecule has 4 rings (SSSR count). The number of fused-ring (bicyclic) bond motifs is 6. The number of nitrogens with zero attached hydrogens (tertiary/aromatic N) is 2. The lowest BCUT2D eigenvalue weighted by molar-refractivity contribution is -0.114. The Balaban J connectivity index is 2.08. The van der Waals surface area contributed by atoms with Gasteiger partial charge >= 0.3 is 0 Å². The first-order valence-corrected chi connectivity index (χ1v) is 7.56. The van der Waals surface area contributed by atoms with Crippen LogP contribution in [0.3, 0.4) is 0 Å². The van der Waals surface area contributed by atoms with Crippen LogP contribution in [0.5, 0.6) is 0 Å². The summed E-state index contributed by atoms with van der Waals surface area (Å²) in [6.45, 7) is 1.61. The third-order valence-corrected chi connectivity index (χ3v) is 5.11. The van der Waals surface area contributed by atoms with Gasteiger partial charge in [-0.05, 0) is 25.0 Å². The van der Waals surface area contributed by atoms with Gasteiger partial charge < -0.3 is 9.47 Å². The van der Waals surface area contributed by atoms with Gasteiger partial charge in [-0.15, -0.1) is 0 Å². The molecule has 1 aromatic carbocycles. The number of benzene rings is 1. The molecule has 0 saturated heterocycles. The van der Waals surface area contributed by atoms with Gasteiger partial charge in [0.2, 0.25) is 5.78 Å². The van der Waals surface area contributed by atoms with Crippen LogP contribution in [-0.2, 0) is 11.8 Å². The van der Waals surface area contributed by atoms with Gasteiger partial charge in [-0.2, -0.15) is 0 Å². The molecule has 0 fully saturated rings. The number of rotatable bonds is 1. The zero-order valence-corrected chi connectivity index (χ0v) is 13.0. The van der Waals surface area contributed by atoms with Crippen molar-refractivity contribution < 1.29 is 9.59 Å². The molecule has 1 aromatic heterocycles. The maximum absolute atomic E-state index is 12.9. The molecule has 1 aliphatic heterocycles. The summed E-state index contributed by atoms with van der Waals surface area (Å²) in [6.07, 6.45) is 2.56. The number of allylic oxidation sites excluding steroid dienone is 1. The molecule has 0 spiro atoms. The molecule has 2 bridgehead atoms. The van der Waals surface area contributed by atoms with Gasteiger partial charge in [-0.1, -0.05) is 18.2 Å². The SMILES string of the molecule is CC(=O)C1=CN(C)C2CC1c1c(n(C)c3ccccc13)C2=O. The van der Waals surface area contributed by atoms with Gasteiger partial charge in [-0.3, -0.25) is 9.59 Å². The second-order valence-corrected chi connectivity index (χ2v) is 6.31. The minimum atomic E-state index is -0.163. The molecule has 2 unspecified atom stereocenters. The van der Waals surface area contributed by atoms with E-state index in [2.05, 4.69) is 6.07 Å². The molecule has 2 atom stereocenters. The maximum atomic E-state index is 12.9. The monoisotopic (exact) mass is 294 g/mol. The molecular weight excluding hydrogens is 276 g/mol. The summed E-state index contributed by atoms with van der Waals surface area (Å²) in [7, 11) is 3.83. The van der Waals surface area contributed by atoms with Crippen LogP contribution in [0.1, 0.15) is 35.3 Å². The summed E-state index contributed by atoms with van der Waals surface area (Å²) < 4.78 is 1.99. The topological polar surface area (TPSA) is 42.3 Å². The van der Waals surface area contributed by atoms with Crippen LogP contribution >= 0.6 is 0 Å². The average Bonchev–Trinajstić information content (AvgIpc) is 2.80. The third-order valence-electron chi connectivity index (χ3n) is 5.11. The Morgan fingerprint density at radius 3 is 2.68 bits per heavy atom. The summed E-state index contributed by atoms with van der Waals surface area (Å²) >= 11 is 0. The fraction of sp³-hybridized carbons (Fsp3) is 0.333. The fourth-order valence-corrected chi connectivity index (χ4v) is 4.05. The van der Waals surface area contributed by atoms with Crippen molar-refractivity contribution in [2.24, 2.45) is 7.05 Å². The van der Waals surface area contributed by atoms with Gasteiger partial charge in [0.25, 0.3) is 0 Å². The number of aryl methyl sites for hydroxylation is 1. The van der Waals surface area contributed by atoms with Crippen molar-refractivity contribution in [3.05, 3.63) is 47.3 Å². The van der Waals surface area contributed by atoms with Gasteiger partial charge in [-0.25, -0.2) is 0 Å². The lowest BCUT2D eigenvalue weighted by Gasteiger charge is -2.39. The number of carbonyl (C=O) groups is 2. The Hall–Kier alpha value is -2.36. The summed E-state index contributed by atoms with van der Waals surface area (Å²) in [5, 5.41) is 1.09. The van der Waals surface area contributed by atoms with Crippen LogP contribution in [0.2, 0.25) is 0 Å². The van der Waals surface area contributed by atoms with Crippen molar-refractivity contribution in [2.45, 2.75) is 25.3 Å². The number of hydrogen-bond donors (Lipinski definition) is 0. The molecule has 0 N–H and O–H groups in total. The second-order valence-electron chi connectivity index (χ2n) is 6.31. The third kappa shape index (κ3) is 1.52. The van der Waals surface area contributed by atoms with Crippen LogP contribution in [0.4, 0.5) is 0 Å². The number of aromatic nitrogens is 1. The molecule has 22 heavy (non-hydrogen) atoms. The minimum absolute atomic E-state index is 0.0255. The number of carbonyl (C=O) groups excluding carboxylic acids is 2. The standard InChI is InChI=1S/C18H18N2O2/c1-10(21)13-9-19(2)15-8-12(13)16-11-6-4-5-7-14(11)20(3)17(16)18(15)22/h4-7,9,12,15H,8H2,1-3H3. The molecule has 2 aromatic rings. The predicted molar refractivity (Wildman–Crippen MR) is 84.9 cm³/mol. The van der Waals surface area contributed by atoms with E-state index < -0.39 is 0 Å². The zero-order valence-electron chi connectivity index (χ0n) is 13.0. The van der Waals surface area contributed by atoms with Crippen molar-refractivity contribution in [3.63, 3.8) is 0 Å². The van der Waals surface area contributed by atoms with E-state index in [1.165, 1.54) is 0 Å². The van der Waals surface area contributed by atoms with Crippen molar-refractivity contribution in [1.82, 2.24) is 9.47 Å². The molecule has 2 heterocycles. The highest BCUT2D eigenvalue weighted by Crippen LogP contribution is 2.45. The first kappa shape index (κ1) is 13.3. The molecular formula is C18H18N2O2. The predicted octanol–water partition coefficient (Wildman–Crippen LogP) is 2.64. The summed E-state index contributed by atoms with van der Waals surface area (Å²) in [6, 6.07) is 7.90. The number of likely N-dealkylation sites (N-methyl/N-ethyl adjacent to an activating group) is 1. The van der Waals surface area contributed by atoms with E-state index in [1.807, 2.05) is 48.0 Å². The summed E-state index contributed by atoms with van der Waals surface area (Å²) in [5.41, 5.74) is 3.66. The summed E-state index contributed by atoms with van der Waals surface area (Å²) in [4.78, 5) is 26.9. The lowest BCUT2D eigenvalue weighted by Crippen LogP contribution is -2.45. The quantitative estimate of drug-likeness (QED) is 0.812. The highest BCUT2D eigenvalue weighted by Gasteiger charge is 2.44. The zero-order chi connectivity index (χ0) is 15.6. The number of hydrogen-bond acceptors (Lipinski definition) is 3. The van der Waals surface area contributed by atoms with E-state index in [9.17, 15) is 9.59 Å². The molecule has 4 nitrogen and oxygen atoms in total. The lowest BCUT2D eigenvalue weighted by atomic mass is 9.74. The maximum Gasteiger partial charge on any atom is 0.201 e. The van der Waals surface area contributed by atoms with Crippen LogP contribution in [0.25, 0.3) is 10.9 Å². The average molecular weight is 294 g/mol. The highest BCUT2D eigenvalue weighted by atomic mass is 16.1. The minimum Gasteiger partial charge on any atom is -0.370 e. The van der Waals surface area contributed by atoms with Gasteiger partial charge in [0.05, 0.1) is 11.7 Å². The van der Waals surface area contributed by atoms with Gasteiger partial charge in [0, 0.05) is 42.7 Å². The molecule has 0 radical (unpaired) electrons. The van der Waals surface area contributed by atoms with Crippen molar-refractivity contribution in [3.8, 4) is 0 Å².